The number of benzene rings is 2. The van der Waals surface area contributed by atoms with Crippen molar-refractivity contribution < 1.29 is 13.5 Å². The molecule has 0 aliphatic heterocycles. The first-order valence-electron chi connectivity index (χ1n) is 9.68. The third kappa shape index (κ3) is 5.34. The fourth-order valence-electron chi connectivity index (χ4n) is 2.92. The van der Waals surface area contributed by atoms with Crippen molar-refractivity contribution in [1.29, 1.82) is 5.26 Å². The van der Waals surface area contributed by atoms with Gasteiger partial charge in [0.2, 0.25) is 11.8 Å². The summed E-state index contributed by atoms with van der Waals surface area (Å²) in [5, 5.41) is 17.6. The number of nitrogens with zero attached hydrogens (tertiary/aromatic N) is 4. The summed E-state index contributed by atoms with van der Waals surface area (Å²) in [5.41, 5.74) is 2.03. The van der Waals surface area contributed by atoms with E-state index in [1.807, 2.05) is 26.0 Å². The smallest absolute Gasteiger partial charge is 0.249 e. The van der Waals surface area contributed by atoms with Crippen LogP contribution in [0.1, 0.15) is 43.2 Å². The Bertz CT molecular complexity index is 1250. The lowest BCUT2D eigenvalue weighted by molar-refractivity contribution is 0.436. The van der Waals surface area contributed by atoms with Gasteiger partial charge >= 0.3 is 0 Å². The molecule has 6 nitrogen and oxygen atoms in total. The van der Waals surface area contributed by atoms with E-state index >= 15 is 4.39 Å². The van der Waals surface area contributed by atoms with Gasteiger partial charge in [0.1, 0.15) is 5.75 Å². The molecule has 0 atom stereocenters. The van der Waals surface area contributed by atoms with Crippen LogP contribution in [0.3, 0.4) is 0 Å². The van der Waals surface area contributed by atoms with E-state index in [9.17, 15) is 0 Å². The second-order valence-electron chi connectivity index (χ2n) is 6.75. The van der Waals surface area contributed by atoms with Crippen LogP contribution in [0.2, 0.25) is 10.0 Å². The van der Waals surface area contributed by atoms with Crippen molar-refractivity contribution >= 4 is 34.5 Å². The third-order valence-electron chi connectivity index (χ3n) is 4.52. The highest BCUT2D eigenvalue weighted by molar-refractivity contribution is 6.32. The van der Waals surface area contributed by atoms with Crippen LogP contribution in [-0.4, -0.2) is 23.0 Å². The van der Waals surface area contributed by atoms with Gasteiger partial charge in [0.15, 0.2) is 11.6 Å². The van der Waals surface area contributed by atoms with E-state index in [0.717, 1.165) is 17.7 Å². The molecule has 32 heavy (non-hydrogen) atoms. The molecule has 0 saturated carbocycles. The molecular weight excluding hydrogens is 454 g/mol. The molecule has 1 heterocycles. The molecule has 164 valence electrons. The Labute approximate surface area is 195 Å². The normalized spacial score (nSPS) is 12.0. The number of allylic oxidation sites excluding steroid dienone is 2. The van der Waals surface area contributed by atoms with Gasteiger partial charge in [0.25, 0.3) is 0 Å². The largest absolute Gasteiger partial charge is 0.453 e. The summed E-state index contributed by atoms with van der Waals surface area (Å²) in [7, 11) is 1.68. The SMILES string of the molecule is CC/C=C(\C(C)=NC)c1nnc(Cc2ccc(Cl)c(Oc3cc(Cl)cc(C#N)c3)c2F)o1. The predicted molar refractivity (Wildman–Crippen MR) is 122 cm³/mol. The van der Waals surface area contributed by atoms with Crippen LogP contribution in [0, 0.1) is 17.1 Å². The minimum Gasteiger partial charge on any atom is -0.453 e. The molecule has 1 aromatic heterocycles. The number of aliphatic imine (C=N–C) groups is 1. The van der Waals surface area contributed by atoms with E-state index in [4.69, 9.17) is 37.6 Å². The van der Waals surface area contributed by atoms with Crippen molar-refractivity contribution in [3.05, 3.63) is 75.2 Å². The average Bonchev–Trinajstić information content (AvgIpc) is 3.24. The minimum atomic E-state index is -0.675. The van der Waals surface area contributed by atoms with Crippen molar-refractivity contribution in [3.63, 3.8) is 0 Å². The maximum atomic E-state index is 15.2. The van der Waals surface area contributed by atoms with E-state index in [-0.39, 0.29) is 45.0 Å². The van der Waals surface area contributed by atoms with Crippen LogP contribution < -0.4 is 4.74 Å². The molecule has 0 N–H and O–H groups in total. The maximum absolute atomic E-state index is 15.2. The monoisotopic (exact) mass is 472 g/mol. The Morgan fingerprint density at radius 3 is 2.75 bits per heavy atom. The van der Waals surface area contributed by atoms with Crippen molar-refractivity contribution in [2.24, 2.45) is 4.99 Å². The third-order valence-corrected chi connectivity index (χ3v) is 5.04. The molecule has 0 radical (unpaired) electrons. The Morgan fingerprint density at radius 2 is 2.06 bits per heavy atom. The zero-order chi connectivity index (χ0) is 23.3. The van der Waals surface area contributed by atoms with E-state index in [1.54, 1.807) is 7.05 Å². The number of aromatic nitrogens is 2. The molecule has 0 aliphatic carbocycles. The van der Waals surface area contributed by atoms with Crippen LogP contribution in [0.5, 0.6) is 11.5 Å². The Morgan fingerprint density at radius 1 is 1.28 bits per heavy atom. The van der Waals surface area contributed by atoms with Crippen LogP contribution in [0.4, 0.5) is 4.39 Å². The van der Waals surface area contributed by atoms with Gasteiger partial charge in [-0.3, -0.25) is 4.99 Å². The van der Waals surface area contributed by atoms with Gasteiger partial charge in [-0.25, -0.2) is 4.39 Å². The van der Waals surface area contributed by atoms with Crippen molar-refractivity contribution in [2.45, 2.75) is 26.7 Å². The molecule has 3 rings (SSSR count). The summed E-state index contributed by atoms with van der Waals surface area (Å²) in [4.78, 5) is 4.17. The molecule has 0 unspecified atom stereocenters. The highest BCUT2D eigenvalue weighted by Gasteiger charge is 2.19. The van der Waals surface area contributed by atoms with E-state index in [1.165, 1.54) is 30.3 Å². The number of hydrogen-bond acceptors (Lipinski definition) is 6. The first kappa shape index (κ1) is 23.5. The molecule has 0 fully saturated rings. The van der Waals surface area contributed by atoms with Crippen LogP contribution >= 0.6 is 23.2 Å². The highest BCUT2D eigenvalue weighted by Crippen LogP contribution is 2.36. The van der Waals surface area contributed by atoms with Crippen molar-refractivity contribution in [1.82, 2.24) is 10.2 Å². The Balaban J connectivity index is 1.90. The quantitative estimate of drug-likeness (QED) is 0.359. The fourth-order valence-corrected chi connectivity index (χ4v) is 3.33. The topological polar surface area (TPSA) is 84.3 Å². The molecule has 0 bridgehead atoms. The molecule has 3 aromatic rings. The van der Waals surface area contributed by atoms with Gasteiger partial charge in [-0.15, -0.1) is 10.2 Å². The van der Waals surface area contributed by atoms with E-state index < -0.39 is 5.82 Å². The predicted octanol–water partition coefficient (Wildman–Crippen LogP) is 6.65. The summed E-state index contributed by atoms with van der Waals surface area (Å²) in [6.45, 7) is 3.84. The summed E-state index contributed by atoms with van der Waals surface area (Å²) in [5.74, 6) is -0.121. The summed E-state index contributed by atoms with van der Waals surface area (Å²) in [6, 6.07) is 9.39. The highest BCUT2D eigenvalue weighted by atomic mass is 35.5. The molecule has 0 spiro atoms. The summed E-state index contributed by atoms with van der Waals surface area (Å²) >= 11 is 12.2. The molecular formula is C23H19Cl2FN4O2. The van der Waals surface area contributed by atoms with E-state index in [2.05, 4.69) is 15.2 Å². The molecule has 9 heteroatoms. The second-order valence-corrected chi connectivity index (χ2v) is 7.60. The van der Waals surface area contributed by atoms with Crippen LogP contribution in [0.25, 0.3) is 5.57 Å². The fraction of sp³-hybridized carbons (Fsp3) is 0.217. The minimum absolute atomic E-state index is 0.0348. The Kier molecular flexibility index (Phi) is 7.62. The van der Waals surface area contributed by atoms with Gasteiger partial charge in [0, 0.05) is 23.3 Å². The van der Waals surface area contributed by atoms with Gasteiger partial charge in [-0.05, 0) is 37.6 Å². The molecule has 0 aliphatic rings. The summed E-state index contributed by atoms with van der Waals surface area (Å²) in [6.07, 6.45) is 2.74. The van der Waals surface area contributed by atoms with Crippen LogP contribution in [-0.2, 0) is 6.42 Å². The standard InChI is InChI=1S/C23H19Cl2FN4O2/c1-4-5-18(13(2)28-3)23-30-29-20(32-23)10-15-6-7-19(25)22(21(15)26)31-17-9-14(12-27)8-16(24)11-17/h5-9,11H,4,10H2,1-3H3/b18-5+,28-13?. The second kappa shape index (κ2) is 10.4. The van der Waals surface area contributed by atoms with Gasteiger partial charge in [0.05, 0.1) is 28.6 Å². The zero-order valence-electron chi connectivity index (χ0n) is 17.6. The average molecular weight is 473 g/mol. The molecule has 0 saturated heterocycles. The number of hydrogen-bond donors (Lipinski definition) is 0. The first-order chi connectivity index (χ1) is 15.4. The van der Waals surface area contributed by atoms with Gasteiger partial charge in [-0.2, -0.15) is 5.26 Å². The van der Waals surface area contributed by atoms with Gasteiger partial charge in [-0.1, -0.05) is 42.3 Å². The first-order valence-corrected chi connectivity index (χ1v) is 10.4. The summed E-state index contributed by atoms with van der Waals surface area (Å²) < 4.78 is 26.6. The van der Waals surface area contributed by atoms with Crippen molar-refractivity contribution in [2.75, 3.05) is 7.05 Å². The number of halogens is 3. The van der Waals surface area contributed by atoms with Crippen LogP contribution in [0.15, 0.2) is 45.8 Å². The molecule has 2 aromatic carbocycles. The lowest BCUT2D eigenvalue weighted by Crippen LogP contribution is -1.98. The Hall–Kier alpha value is -3.21. The number of nitriles is 1. The molecule has 0 amide bonds. The van der Waals surface area contributed by atoms with Gasteiger partial charge < -0.3 is 9.15 Å². The van der Waals surface area contributed by atoms with E-state index in [0.29, 0.717) is 5.89 Å². The van der Waals surface area contributed by atoms with Crippen molar-refractivity contribution in [3.8, 4) is 17.6 Å². The lowest BCUT2D eigenvalue weighted by Gasteiger charge is -2.12. The zero-order valence-corrected chi connectivity index (χ0v) is 19.1. The number of ether oxygens (including phenoxy) is 1. The lowest BCUT2D eigenvalue weighted by atomic mass is 10.1. The maximum Gasteiger partial charge on any atom is 0.249 e. The number of rotatable bonds is 7.